The number of hydrogen-bond donors (Lipinski definition) is 0. The van der Waals surface area contributed by atoms with Crippen LogP contribution in [0.3, 0.4) is 0 Å². The van der Waals surface area contributed by atoms with Crippen molar-refractivity contribution >= 4 is 0 Å². The van der Waals surface area contributed by atoms with Crippen LogP contribution >= 0.6 is 0 Å². The minimum atomic E-state index is 0.326. The molecule has 1 fully saturated rings. The van der Waals surface area contributed by atoms with Gasteiger partial charge in [0.2, 0.25) is 0 Å². The molecule has 146 valence electrons. The van der Waals surface area contributed by atoms with Crippen molar-refractivity contribution in [1.82, 2.24) is 25.0 Å². The van der Waals surface area contributed by atoms with Crippen molar-refractivity contribution in [2.75, 3.05) is 19.7 Å². The zero-order chi connectivity index (χ0) is 19.3. The summed E-state index contributed by atoms with van der Waals surface area (Å²) < 4.78 is 10.9. The Bertz CT molecular complexity index is 884. The molecule has 1 aromatic carbocycles. The van der Waals surface area contributed by atoms with Crippen LogP contribution in [0.15, 0.2) is 41.2 Å². The lowest BCUT2D eigenvalue weighted by atomic mass is 9.96. The zero-order valence-corrected chi connectivity index (χ0v) is 16.3. The second-order valence-electron chi connectivity index (χ2n) is 7.13. The lowest BCUT2D eigenvalue weighted by molar-refractivity contribution is 0.200. The predicted octanol–water partition coefficient (Wildman–Crippen LogP) is 3.61. The summed E-state index contributed by atoms with van der Waals surface area (Å²) >= 11 is 0. The number of benzene rings is 1. The summed E-state index contributed by atoms with van der Waals surface area (Å²) in [6, 6.07) is 8.37. The molecule has 3 aromatic rings. The van der Waals surface area contributed by atoms with Crippen molar-refractivity contribution in [1.29, 1.82) is 0 Å². The molecular weight excluding hydrogens is 354 g/mol. The van der Waals surface area contributed by atoms with Gasteiger partial charge in [-0.15, -0.1) is 0 Å². The summed E-state index contributed by atoms with van der Waals surface area (Å²) in [5.41, 5.74) is 2.79. The molecule has 0 spiro atoms. The van der Waals surface area contributed by atoms with E-state index in [1.807, 2.05) is 26.0 Å². The van der Waals surface area contributed by atoms with Gasteiger partial charge in [-0.05, 0) is 57.5 Å². The molecule has 3 heterocycles. The van der Waals surface area contributed by atoms with E-state index in [9.17, 15) is 0 Å². The molecule has 2 aromatic heterocycles. The number of rotatable bonds is 6. The monoisotopic (exact) mass is 379 g/mol. The third-order valence-electron chi connectivity index (χ3n) is 5.04. The van der Waals surface area contributed by atoms with Gasteiger partial charge in [0.15, 0.2) is 5.82 Å². The van der Waals surface area contributed by atoms with Crippen LogP contribution in [0.2, 0.25) is 0 Å². The number of aromatic nitrogens is 4. The van der Waals surface area contributed by atoms with Gasteiger partial charge in [-0.1, -0.05) is 17.3 Å². The van der Waals surface area contributed by atoms with Crippen LogP contribution in [0.4, 0.5) is 0 Å². The third kappa shape index (κ3) is 4.36. The Morgan fingerprint density at radius 1 is 1.11 bits per heavy atom. The summed E-state index contributed by atoms with van der Waals surface area (Å²) in [6.07, 6.45) is 5.43. The van der Waals surface area contributed by atoms with E-state index >= 15 is 0 Å². The fourth-order valence-corrected chi connectivity index (χ4v) is 3.47. The Hall–Kier alpha value is -2.80. The smallest absolute Gasteiger partial charge is 0.278 e. The molecule has 0 radical (unpaired) electrons. The summed E-state index contributed by atoms with van der Waals surface area (Å²) in [5.74, 6) is 2.47. The first-order chi connectivity index (χ1) is 13.7. The van der Waals surface area contributed by atoms with Crippen LogP contribution in [-0.2, 0) is 6.54 Å². The van der Waals surface area contributed by atoms with Gasteiger partial charge in [-0.2, -0.15) is 4.98 Å². The molecule has 0 amide bonds. The molecule has 1 aliphatic heterocycles. The number of ether oxygens (including phenoxy) is 1. The van der Waals surface area contributed by atoms with Gasteiger partial charge in [0, 0.05) is 18.7 Å². The first kappa shape index (κ1) is 18.6. The van der Waals surface area contributed by atoms with E-state index in [1.165, 1.54) is 5.56 Å². The van der Waals surface area contributed by atoms with E-state index < -0.39 is 0 Å². The van der Waals surface area contributed by atoms with Crippen molar-refractivity contribution < 1.29 is 9.26 Å². The van der Waals surface area contributed by atoms with Gasteiger partial charge in [-0.25, -0.2) is 4.98 Å². The summed E-state index contributed by atoms with van der Waals surface area (Å²) in [5, 5.41) is 4.19. The maximum atomic E-state index is 5.51. The number of hydrogen-bond acceptors (Lipinski definition) is 7. The second kappa shape index (κ2) is 8.48. The number of piperidine rings is 1. The van der Waals surface area contributed by atoms with Crippen LogP contribution < -0.4 is 4.74 Å². The molecule has 4 rings (SSSR count). The van der Waals surface area contributed by atoms with Crippen LogP contribution in [-0.4, -0.2) is 44.7 Å². The third-order valence-corrected chi connectivity index (χ3v) is 5.04. The van der Waals surface area contributed by atoms with E-state index in [0.29, 0.717) is 24.1 Å². The zero-order valence-electron chi connectivity index (χ0n) is 16.3. The largest absolute Gasteiger partial charge is 0.494 e. The van der Waals surface area contributed by atoms with Crippen LogP contribution in [0, 0.1) is 6.92 Å². The molecule has 0 aliphatic carbocycles. The summed E-state index contributed by atoms with van der Waals surface area (Å²) in [7, 11) is 0. The highest BCUT2D eigenvalue weighted by molar-refractivity contribution is 5.44. The molecule has 0 unspecified atom stereocenters. The van der Waals surface area contributed by atoms with Crippen molar-refractivity contribution in [3.8, 4) is 17.3 Å². The van der Waals surface area contributed by atoms with Crippen molar-refractivity contribution in [3.63, 3.8) is 0 Å². The standard InChI is InChI=1S/C21H25N5O2/c1-3-27-18-6-4-16(5-7-18)14-26-10-8-17(9-11-26)20-24-21(28-25-20)19-13-22-15(2)12-23-19/h4-7,12-13,17H,3,8-11,14H2,1-2H3. The molecule has 1 saturated heterocycles. The summed E-state index contributed by atoms with van der Waals surface area (Å²) in [4.78, 5) is 15.6. The number of likely N-dealkylation sites (tertiary alicyclic amines) is 1. The highest BCUT2D eigenvalue weighted by Crippen LogP contribution is 2.28. The van der Waals surface area contributed by atoms with Crippen LogP contribution in [0.25, 0.3) is 11.6 Å². The summed E-state index contributed by atoms with van der Waals surface area (Å²) in [6.45, 7) is 7.59. The molecule has 7 heteroatoms. The molecule has 0 bridgehead atoms. The van der Waals surface area contributed by atoms with Gasteiger partial charge in [-0.3, -0.25) is 9.88 Å². The molecular formula is C21H25N5O2. The fraction of sp³-hybridized carbons (Fsp3) is 0.429. The second-order valence-corrected chi connectivity index (χ2v) is 7.13. The predicted molar refractivity (Wildman–Crippen MR) is 105 cm³/mol. The van der Waals surface area contributed by atoms with E-state index in [2.05, 4.69) is 37.1 Å². The molecule has 0 atom stereocenters. The number of aryl methyl sites for hydroxylation is 1. The maximum absolute atomic E-state index is 5.51. The SMILES string of the molecule is CCOc1ccc(CN2CCC(c3noc(-c4cnc(C)cn4)n3)CC2)cc1. The minimum absolute atomic E-state index is 0.326. The van der Waals surface area contributed by atoms with E-state index in [4.69, 9.17) is 9.26 Å². The topological polar surface area (TPSA) is 77.2 Å². The van der Waals surface area contributed by atoms with Gasteiger partial charge >= 0.3 is 0 Å². The Balaban J connectivity index is 1.32. The average Bonchev–Trinajstić information content (AvgIpc) is 3.21. The molecule has 1 aliphatic rings. The Morgan fingerprint density at radius 3 is 2.57 bits per heavy atom. The maximum Gasteiger partial charge on any atom is 0.278 e. The first-order valence-electron chi connectivity index (χ1n) is 9.78. The van der Waals surface area contributed by atoms with Gasteiger partial charge in [0.1, 0.15) is 11.4 Å². The van der Waals surface area contributed by atoms with Crippen LogP contribution in [0.5, 0.6) is 5.75 Å². The molecule has 7 nitrogen and oxygen atoms in total. The lowest BCUT2D eigenvalue weighted by Crippen LogP contribution is -2.32. The highest BCUT2D eigenvalue weighted by atomic mass is 16.5. The fourth-order valence-electron chi connectivity index (χ4n) is 3.47. The Labute approximate surface area is 164 Å². The van der Waals surface area contributed by atoms with Crippen LogP contribution in [0.1, 0.15) is 42.8 Å². The van der Waals surface area contributed by atoms with E-state index in [1.54, 1.807) is 12.4 Å². The molecule has 28 heavy (non-hydrogen) atoms. The minimum Gasteiger partial charge on any atom is -0.494 e. The average molecular weight is 379 g/mol. The van der Waals surface area contributed by atoms with Crippen molar-refractivity contribution in [2.45, 2.75) is 39.2 Å². The van der Waals surface area contributed by atoms with Crippen molar-refractivity contribution in [3.05, 3.63) is 53.7 Å². The molecule has 0 N–H and O–H groups in total. The van der Waals surface area contributed by atoms with E-state index in [-0.39, 0.29) is 0 Å². The van der Waals surface area contributed by atoms with Gasteiger partial charge in [0.05, 0.1) is 18.5 Å². The quantitative estimate of drug-likeness (QED) is 0.647. The Morgan fingerprint density at radius 2 is 1.89 bits per heavy atom. The van der Waals surface area contributed by atoms with E-state index in [0.717, 1.165) is 49.7 Å². The number of nitrogens with zero attached hydrogens (tertiary/aromatic N) is 5. The van der Waals surface area contributed by atoms with Gasteiger partial charge in [0.25, 0.3) is 5.89 Å². The highest BCUT2D eigenvalue weighted by Gasteiger charge is 2.25. The van der Waals surface area contributed by atoms with Crippen molar-refractivity contribution in [2.24, 2.45) is 0 Å². The first-order valence-corrected chi connectivity index (χ1v) is 9.78. The normalized spacial score (nSPS) is 15.6. The van der Waals surface area contributed by atoms with Gasteiger partial charge < -0.3 is 9.26 Å². The lowest BCUT2D eigenvalue weighted by Gasteiger charge is -2.30. The Kier molecular flexibility index (Phi) is 5.62. The molecule has 0 saturated carbocycles.